The van der Waals surface area contributed by atoms with Crippen molar-refractivity contribution in [3.05, 3.63) is 46.3 Å². The normalized spacial score (nSPS) is 19.1. The molecule has 3 N–H and O–H groups in total. The van der Waals surface area contributed by atoms with E-state index < -0.39 is 0 Å². The van der Waals surface area contributed by atoms with Crippen molar-refractivity contribution < 1.29 is 4.79 Å². The number of fused-ring (bicyclic) bond motifs is 1. The van der Waals surface area contributed by atoms with E-state index in [2.05, 4.69) is 30.4 Å². The maximum atomic E-state index is 11.4. The van der Waals surface area contributed by atoms with Crippen LogP contribution in [-0.2, 0) is 17.6 Å². The van der Waals surface area contributed by atoms with Gasteiger partial charge in [-0.25, -0.2) is 0 Å². The Morgan fingerprint density at radius 2 is 2.15 bits per heavy atom. The number of allylic oxidation sites excluding steroid dienone is 2. The zero-order chi connectivity index (χ0) is 14.7. The Kier molecular flexibility index (Phi) is 4.48. The lowest BCUT2D eigenvalue weighted by molar-refractivity contribution is -0.113. The van der Waals surface area contributed by atoms with Gasteiger partial charge in [0.05, 0.1) is 11.7 Å². The van der Waals surface area contributed by atoms with Gasteiger partial charge in [0.25, 0.3) is 0 Å². The molecule has 0 aromatic heterocycles. The highest BCUT2D eigenvalue weighted by Crippen LogP contribution is 2.31. The number of nitrogens with two attached hydrogens (primary N) is 1. The molecule has 1 aliphatic rings. The summed E-state index contributed by atoms with van der Waals surface area (Å²) >= 11 is 0. The SMILES string of the molecule is CCc1ccc2c(c1)C(N/C(C)=C(\N)C(C)=O)CCC2. The number of rotatable bonds is 4. The van der Waals surface area contributed by atoms with E-state index in [1.165, 1.54) is 30.0 Å². The van der Waals surface area contributed by atoms with Gasteiger partial charge < -0.3 is 11.1 Å². The Hall–Kier alpha value is -1.77. The third-order valence-corrected chi connectivity index (χ3v) is 4.11. The molecular weight excluding hydrogens is 248 g/mol. The third-order valence-electron chi connectivity index (χ3n) is 4.11. The number of Topliss-reactive ketones (excluding diaryl/α,β-unsaturated/α-hetero) is 1. The summed E-state index contributed by atoms with van der Waals surface area (Å²) in [5, 5.41) is 3.44. The van der Waals surface area contributed by atoms with Gasteiger partial charge in [-0.3, -0.25) is 4.79 Å². The molecule has 0 saturated heterocycles. The van der Waals surface area contributed by atoms with Crippen molar-refractivity contribution in [3.8, 4) is 0 Å². The molecule has 0 saturated carbocycles. The monoisotopic (exact) mass is 272 g/mol. The molecule has 2 rings (SSSR count). The van der Waals surface area contributed by atoms with Crippen molar-refractivity contribution in [2.45, 2.75) is 52.5 Å². The van der Waals surface area contributed by atoms with E-state index in [1.54, 1.807) is 0 Å². The fourth-order valence-corrected chi connectivity index (χ4v) is 2.82. The van der Waals surface area contributed by atoms with E-state index >= 15 is 0 Å². The van der Waals surface area contributed by atoms with Crippen LogP contribution < -0.4 is 11.1 Å². The Labute approximate surface area is 121 Å². The van der Waals surface area contributed by atoms with E-state index in [9.17, 15) is 4.79 Å². The second kappa shape index (κ2) is 6.12. The van der Waals surface area contributed by atoms with Gasteiger partial charge in [-0.1, -0.05) is 25.1 Å². The Morgan fingerprint density at radius 1 is 1.40 bits per heavy atom. The summed E-state index contributed by atoms with van der Waals surface area (Å²) < 4.78 is 0. The van der Waals surface area contributed by atoms with Crippen LogP contribution in [0.3, 0.4) is 0 Å². The highest BCUT2D eigenvalue weighted by molar-refractivity contribution is 5.92. The summed E-state index contributed by atoms with van der Waals surface area (Å²) in [6.45, 7) is 5.56. The Morgan fingerprint density at radius 3 is 2.80 bits per heavy atom. The van der Waals surface area contributed by atoms with E-state index in [-0.39, 0.29) is 11.8 Å². The average Bonchev–Trinajstić information content (AvgIpc) is 2.46. The van der Waals surface area contributed by atoms with Gasteiger partial charge >= 0.3 is 0 Å². The molecule has 0 spiro atoms. The van der Waals surface area contributed by atoms with Crippen molar-refractivity contribution >= 4 is 5.78 Å². The van der Waals surface area contributed by atoms with E-state index in [0.717, 1.165) is 25.0 Å². The molecule has 0 amide bonds. The molecule has 3 nitrogen and oxygen atoms in total. The first-order chi connectivity index (χ1) is 9.52. The lowest BCUT2D eigenvalue weighted by Crippen LogP contribution is -2.27. The minimum Gasteiger partial charge on any atom is -0.394 e. The van der Waals surface area contributed by atoms with Crippen LogP contribution in [0.1, 0.15) is 56.3 Å². The topological polar surface area (TPSA) is 55.1 Å². The van der Waals surface area contributed by atoms with Gasteiger partial charge in [0, 0.05) is 12.6 Å². The molecule has 0 heterocycles. The van der Waals surface area contributed by atoms with Crippen LogP contribution in [0.15, 0.2) is 29.6 Å². The second-order valence-electron chi connectivity index (χ2n) is 5.57. The van der Waals surface area contributed by atoms with Crippen LogP contribution in [0.25, 0.3) is 0 Å². The minimum absolute atomic E-state index is 0.0756. The zero-order valence-electron chi connectivity index (χ0n) is 12.6. The predicted molar refractivity (Wildman–Crippen MR) is 82.2 cm³/mol. The van der Waals surface area contributed by atoms with Crippen LogP contribution in [0.5, 0.6) is 0 Å². The molecule has 0 radical (unpaired) electrons. The molecule has 20 heavy (non-hydrogen) atoms. The van der Waals surface area contributed by atoms with Crippen molar-refractivity contribution in [3.63, 3.8) is 0 Å². The molecule has 0 fully saturated rings. The number of hydrogen-bond acceptors (Lipinski definition) is 3. The molecule has 0 aliphatic heterocycles. The van der Waals surface area contributed by atoms with Crippen LogP contribution in [-0.4, -0.2) is 5.78 Å². The van der Waals surface area contributed by atoms with E-state index in [0.29, 0.717) is 5.70 Å². The largest absolute Gasteiger partial charge is 0.394 e. The maximum absolute atomic E-state index is 11.4. The highest BCUT2D eigenvalue weighted by atomic mass is 16.1. The van der Waals surface area contributed by atoms with E-state index in [4.69, 9.17) is 5.73 Å². The quantitative estimate of drug-likeness (QED) is 0.828. The summed E-state index contributed by atoms with van der Waals surface area (Å²) in [4.78, 5) is 11.4. The average molecular weight is 272 g/mol. The molecule has 1 aromatic carbocycles. The predicted octanol–water partition coefficient (Wildman–Crippen LogP) is 3.00. The summed E-state index contributed by atoms with van der Waals surface area (Å²) in [5.74, 6) is -0.0756. The van der Waals surface area contributed by atoms with Crippen LogP contribution >= 0.6 is 0 Å². The summed E-state index contributed by atoms with van der Waals surface area (Å²) in [6.07, 6.45) is 4.44. The first-order valence-corrected chi connectivity index (χ1v) is 7.38. The fraction of sp³-hybridized carbons (Fsp3) is 0.471. The van der Waals surface area contributed by atoms with E-state index in [1.807, 2.05) is 6.92 Å². The molecule has 0 bridgehead atoms. The van der Waals surface area contributed by atoms with Gasteiger partial charge in [0.1, 0.15) is 0 Å². The molecule has 1 atom stereocenters. The van der Waals surface area contributed by atoms with Crippen LogP contribution in [0.2, 0.25) is 0 Å². The second-order valence-corrected chi connectivity index (χ2v) is 5.57. The number of nitrogens with one attached hydrogen (secondary N) is 1. The smallest absolute Gasteiger partial charge is 0.177 e. The van der Waals surface area contributed by atoms with Crippen LogP contribution in [0, 0.1) is 0 Å². The molecule has 108 valence electrons. The Balaban J connectivity index is 2.28. The molecule has 3 heteroatoms. The van der Waals surface area contributed by atoms with Crippen molar-refractivity contribution in [2.75, 3.05) is 0 Å². The van der Waals surface area contributed by atoms with Gasteiger partial charge in [0.2, 0.25) is 0 Å². The first kappa shape index (κ1) is 14.6. The van der Waals surface area contributed by atoms with Crippen molar-refractivity contribution in [1.29, 1.82) is 0 Å². The lowest BCUT2D eigenvalue weighted by Gasteiger charge is -2.28. The number of carbonyl (C=O) groups excluding carboxylic acids is 1. The third kappa shape index (κ3) is 3.03. The van der Waals surface area contributed by atoms with Crippen LogP contribution in [0.4, 0.5) is 0 Å². The number of benzene rings is 1. The van der Waals surface area contributed by atoms with Crippen molar-refractivity contribution in [1.82, 2.24) is 5.32 Å². The number of ketones is 1. The molecule has 1 aliphatic carbocycles. The summed E-state index contributed by atoms with van der Waals surface area (Å²) in [7, 11) is 0. The maximum Gasteiger partial charge on any atom is 0.177 e. The molecular formula is C17H24N2O. The molecule has 1 aromatic rings. The lowest BCUT2D eigenvalue weighted by atomic mass is 9.86. The number of carbonyl (C=O) groups is 1. The number of aryl methyl sites for hydroxylation is 2. The summed E-state index contributed by atoms with van der Waals surface area (Å²) in [6, 6.07) is 7.02. The van der Waals surface area contributed by atoms with Crippen molar-refractivity contribution in [2.24, 2.45) is 5.73 Å². The first-order valence-electron chi connectivity index (χ1n) is 7.38. The van der Waals surface area contributed by atoms with Gasteiger partial charge in [-0.15, -0.1) is 0 Å². The standard InChI is InChI=1S/C17H24N2O/c1-4-13-8-9-14-6-5-7-16(15(14)10-13)19-11(2)17(18)12(3)20/h8-10,16,19H,4-7,18H2,1-3H3/b17-11-. The van der Waals surface area contributed by atoms with Gasteiger partial charge in [-0.2, -0.15) is 0 Å². The highest BCUT2D eigenvalue weighted by Gasteiger charge is 2.21. The zero-order valence-corrected chi connectivity index (χ0v) is 12.6. The van der Waals surface area contributed by atoms with Gasteiger partial charge in [0.15, 0.2) is 5.78 Å². The molecule has 1 unspecified atom stereocenters. The van der Waals surface area contributed by atoms with Gasteiger partial charge in [-0.05, 0) is 49.3 Å². The minimum atomic E-state index is -0.0756. The summed E-state index contributed by atoms with van der Waals surface area (Å²) in [5.41, 5.74) is 11.1. The number of hydrogen-bond donors (Lipinski definition) is 2. The fourth-order valence-electron chi connectivity index (χ4n) is 2.82. The Bertz CT molecular complexity index is 546.